The first-order valence-corrected chi connectivity index (χ1v) is 23.9. The number of rotatable bonds is 18. The molecule has 0 aliphatic rings. The highest BCUT2D eigenvalue weighted by molar-refractivity contribution is 7.57. The van der Waals surface area contributed by atoms with Crippen LogP contribution in [0.4, 0.5) is 5.69 Å². The number of nitrogens with zero attached hydrogens (tertiary/aromatic N) is 4. The summed E-state index contributed by atoms with van der Waals surface area (Å²) >= 11 is 28.7. The molecule has 0 aliphatic heterocycles. The number of aromatic nitrogens is 2. The summed E-state index contributed by atoms with van der Waals surface area (Å²) < 4.78 is 27.4. The van der Waals surface area contributed by atoms with Crippen molar-refractivity contribution in [3.63, 3.8) is 0 Å². The Kier molecular flexibility index (Phi) is 27.9. The smallest absolute Gasteiger partial charge is 0.442 e. The molecule has 0 fully saturated rings. The third-order valence-electron chi connectivity index (χ3n) is 8.27. The van der Waals surface area contributed by atoms with E-state index in [0.29, 0.717) is 37.0 Å². The Labute approximate surface area is 400 Å². The SMILES string of the molecule is C#CCOc1cc(-n2nc(C(C)(C)C)oc2=O)c(Cl)cc1Cl.C=CCN(CC=C)C(=O)C(Cl)Cl.CCc1cccc(C)c1N(C(=O)CCl)C(C)COC.CP(=O)(O)CCC(N)C(=O)O. The van der Waals surface area contributed by atoms with E-state index >= 15 is 0 Å². The Morgan fingerprint density at radius 1 is 1.14 bits per heavy atom. The number of carboxylic acid groups (broad SMARTS) is 1. The number of anilines is 1. The van der Waals surface area contributed by atoms with Crippen molar-refractivity contribution in [2.24, 2.45) is 5.73 Å². The van der Waals surface area contributed by atoms with Gasteiger partial charge in [0.2, 0.25) is 11.8 Å². The van der Waals surface area contributed by atoms with Crippen molar-refractivity contribution in [2.45, 2.75) is 76.7 Å². The largest absolute Gasteiger partial charge is 0.480 e. The first-order valence-electron chi connectivity index (χ1n) is 19.4. The molecule has 0 radical (unpaired) electrons. The minimum absolute atomic E-state index is 0.0223. The van der Waals surface area contributed by atoms with Gasteiger partial charge in [0.15, 0.2) is 12.2 Å². The third-order valence-corrected chi connectivity index (χ3v) is 10.6. The number of hydrogen-bond donors (Lipinski definition) is 3. The molecule has 3 rings (SSSR count). The number of carbonyl (C=O) groups is 3. The quantitative estimate of drug-likeness (QED) is 0.0476. The molecule has 2 amide bonds. The molecular formula is C43H59Cl5N5O10P. The number of terminal acetylenes is 1. The number of nitrogens with two attached hydrogens (primary N) is 1. The van der Waals surface area contributed by atoms with Gasteiger partial charge in [0.25, 0.3) is 5.91 Å². The fourth-order valence-electron chi connectivity index (χ4n) is 5.17. The standard InChI is InChI=1S/C15H14Cl2N2O3.C15H22ClNO2.C8H11Cl2NO.C5H12NO4P/c1-5-6-21-12-8-11(9(16)7-10(12)17)19-14(20)22-13(18-19)15(2,3)4;1-5-13-8-6-7-11(2)15(13)17(14(18)9-16)12(3)10-19-4;1-3-5-11(6-4-2)8(12)7(9)10;1-11(9,10)3-2-4(6)5(7)8/h1,7-8H,6H2,2-4H3;6-8,12H,5,9-10H2,1-4H3;3-4,7H,1-2,5-6H2;4H,2-3,6H2,1H3,(H,7,8)(H,9,10). The molecule has 3 atom stereocenters. The molecule has 21 heteroatoms. The van der Waals surface area contributed by atoms with Crippen molar-refractivity contribution in [3.8, 4) is 23.8 Å². The van der Waals surface area contributed by atoms with Crippen molar-refractivity contribution in [3.05, 3.63) is 93.3 Å². The minimum atomic E-state index is -3.10. The summed E-state index contributed by atoms with van der Waals surface area (Å²) in [4.78, 5) is 56.5. The Balaban J connectivity index is 0.000000863. The molecule has 1 aromatic heterocycles. The predicted molar refractivity (Wildman–Crippen MR) is 259 cm³/mol. The number of ether oxygens (including phenoxy) is 2. The molecule has 15 nitrogen and oxygen atoms in total. The first kappa shape index (κ1) is 60.2. The van der Waals surface area contributed by atoms with Crippen LogP contribution in [0.1, 0.15) is 58.1 Å². The van der Waals surface area contributed by atoms with E-state index in [1.54, 1.807) is 24.2 Å². The number of para-hydroxylation sites is 1. The van der Waals surface area contributed by atoms with Crippen LogP contribution in [-0.2, 0) is 35.5 Å². The maximum Gasteiger partial charge on any atom is 0.442 e. The van der Waals surface area contributed by atoms with Crippen molar-refractivity contribution in [2.75, 3.05) is 57.0 Å². The summed E-state index contributed by atoms with van der Waals surface area (Å²) in [6, 6.07) is 7.97. The summed E-state index contributed by atoms with van der Waals surface area (Å²) in [5.41, 5.74) is 8.20. The van der Waals surface area contributed by atoms with Gasteiger partial charge in [0.05, 0.1) is 34.1 Å². The van der Waals surface area contributed by atoms with Crippen LogP contribution < -0.4 is 21.1 Å². The van der Waals surface area contributed by atoms with E-state index in [9.17, 15) is 23.7 Å². The lowest BCUT2D eigenvalue weighted by Crippen LogP contribution is -2.43. The number of halogens is 5. The number of hydrogen-bond acceptors (Lipinski definition) is 10. The number of alkyl halides is 3. The van der Waals surface area contributed by atoms with Crippen molar-refractivity contribution < 1.29 is 42.8 Å². The fraction of sp³-hybridized carbons (Fsp3) is 0.465. The van der Waals surface area contributed by atoms with Crippen LogP contribution >= 0.6 is 65.4 Å². The molecule has 0 saturated heterocycles. The first-order chi connectivity index (χ1) is 29.8. The highest BCUT2D eigenvalue weighted by Crippen LogP contribution is 2.36. The number of aryl methyl sites for hydroxylation is 2. The van der Waals surface area contributed by atoms with Crippen LogP contribution in [-0.4, -0.2) is 112 Å². The monoisotopic (exact) mass is 1010 g/mol. The van der Waals surface area contributed by atoms with E-state index in [4.69, 9.17) is 94.1 Å². The van der Waals surface area contributed by atoms with E-state index < -0.39 is 35.4 Å². The highest BCUT2D eigenvalue weighted by atomic mass is 35.5. The Morgan fingerprint density at radius 2 is 1.73 bits per heavy atom. The van der Waals surface area contributed by atoms with Crippen LogP contribution in [0.15, 0.2) is 64.9 Å². The van der Waals surface area contributed by atoms with Crippen molar-refractivity contribution in [1.82, 2.24) is 14.7 Å². The van der Waals surface area contributed by atoms with E-state index in [1.807, 2.05) is 46.8 Å². The van der Waals surface area contributed by atoms with Gasteiger partial charge in [0, 0.05) is 44.5 Å². The second kappa shape index (κ2) is 29.7. The fourth-order valence-corrected chi connectivity index (χ4v) is 6.85. The summed E-state index contributed by atoms with van der Waals surface area (Å²) in [6.07, 6.45) is 9.25. The topological polar surface area (TPSA) is 208 Å². The molecule has 1 heterocycles. The van der Waals surface area contributed by atoms with E-state index in [-0.39, 0.29) is 53.0 Å². The van der Waals surface area contributed by atoms with Crippen LogP contribution in [0, 0.1) is 19.3 Å². The second-order valence-electron chi connectivity index (χ2n) is 14.8. The second-order valence-corrected chi connectivity index (χ2v) is 19.6. The molecule has 3 aromatic rings. The summed E-state index contributed by atoms with van der Waals surface area (Å²) in [5, 5.41) is 13.0. The number of benzene rings is 2. The molecule has 356 valence electrons. The van der Waals surface area contributed by atoms with Gasteiger partial charge in [-0.05, 0) is 43.9 Å². The zero-order valence-electron chi connectivity index (χ0n) is 37.3. The van der Waals surface area contributed by atoms with Gasteiger partial charge in [-0.15, -0.1) is 36.3 Å². The maximum absolute atomic E-state index is 12.2. The van der Waals surface area contributed by atoms with Gasteiger partial charge in [-0.25, -0.2) is 4.79 Å². The summed E-state index contributed by atoms with van der Waals surface area (Å²) in [6.45, 7) is 21.3. The van der Waals surface area contributed by atoms with Gasteiger partial charge >= 0.3 is 11.7 Å². The number of methoxy groups -OCH3 is 1. The lowest BCUT2D eigenvalue weighted by molar-refractivity contribution is -0.138. The van der Waals surface area contributed by atoms with Gasteiger partial charge in [0.1, 0.15) is 24.3 Å². The molecule has 3 unspecified atom stereocenters. The average molecular weight is 1010 g/mol. The molecule has 0 aliphatic carbocycles. The Hall–Kier alpha value is -3.81. The molecule has 0 bridgehead atoms. The minimum Gasteiger partial charge on any atom is -0.480 e. The molecule has 0 saturated carbocycles. The van der Waals surface area contributed by atoms with Gasteiger partial charge < -0.3 is 39.4 Å². The van der Waals surface area contributed by atoms with Crippen LogP contribution in [0.3, 0.4) is 0 Å². The van der Waals surface area contributed by atoms with E-state index in [0.717, 1.165) is 27.9 Å². The molecular weight excluding hydrogens is 955 g/mol. The zero-order valence-corrected chi connectivity index (χ0v) is 42.0. The van der Waals surface area contributed by atoms with Crippen molar-refractivity contribution in [1.29, 1.82) is 0 Å². The van der Waals surface area contributed by atoms with E-state index in [1.165, 1.54) is 23.7 Å². The van der Waals surface area contributed by atoms with Gasteiger partial charge in [-0.3, -0.25) is 18.9 Å². The van der Waals surface area contributed by atoms with Gasteiger partial charge in [-0.2, -0.15) is 4.68 Å². The lowest BCUT2D eigenvalue weighted by Gasteiger charge is -2.31. The van der Waals surface area contributed by atoms with Gasteiger partial charge in [-0.1, -0.05) is 110 Å². The highest BCUT2D eigenvalue weighted by Gasteiger charge is 2.26. The zero-order chi connectivity index (χ0) is 49.5. The van der Waals surface area contributed by atoms with Crippen molar-refractivity contribution >= 4 is 88.8 Å². The molecule has 64 heavy (non-hydrogen) atoms. The lowest BCUT2D eigenvalue weighted by atomic mass is 9.97. The van der Waals surface area contributed by atoms with Crippen LogP contribution in [0.5, 0.6) is 5.75 Å². The summed E-state index contributed by atoms with van der Waals surface area (Å²) in [5.74, 6) is 0.735. The predicted octanol–water partition coefficient (Wildman–Crippen LogP) is 8.29. The van der Waals surface area contributed by atoms with E-state index in [2.05, 4.69) is 37.2 Å². The van der Waals surface area contributed by atoms with Crippen LogP contribution in [0.25, 0.3) is 5.69 Å². The number of aliphatic carboxylic acids is 1. The third kappa shape index (κ3) is 21.0. The Morgan fingerprint density at radius 3 is 2.17 bits per heavy atom. The molecule has 0 spiro atoms. The molecule has 2 aromatic carbocycles. The summed E-state index contributed by atoms with van der Waals surface area (Å²) in [7, 11) is -1.47. The number of amides is 2. The average Bonchev–Trinajstić information content (AvgIpc) is 3.62. The normalized spacial score (nSPS) is 12.5. The Bertz CT molecular complexity index is 2140. The maximum atomic E-state index is 12.2. The molecule has 4 N–H and O–H groups in total. The van der Waals surface area contributed by atoms with Crippen LogP contribution in [0.2, 0.25) is 10.0 Å². The number of carboxylic acids is 1. The number of carbonyl (C=O) groups excluding carboxylic acids is 2.